The number of para-hydroxylation sites is 1. The van der Waals surface area contributed by atoms with Crippen LogP contribution in [0.3, 0.4) is 0 Å². The third kappa shape index (κ3) is 2.36. The number of hydrogen-bond acceptors (Lipinski definition) is 3. The number of ether oxygens (including phenoxy) is 1. The van der Waals surface area contributed by atoms with Crippen molar-refractivity contribution < 1.29 is 9.53 Å². The normalized spacial score (nSPS) is 10.6. The third-order valence-corrected chi connectivity index (χ3v) is 3.48. The second-order valence-electron chi connectivity index (χ2n) is 4.53. The number of halogens is 1. The Bertz CT molecular complexity index is 816. The molecule has 0 spiro atoms. The molecule has 0 saturated carbocycles. The highest BCUT2D eigenvalue weighted by molar-refractivity contribution is 6.69. The van der Waals surface area contributed by atoms with Crippen molar-refractivity contribution in [3.8, 4) is 17.0 Å². The fourth-order valence-corrected chi connectivity index (χ4v) is 2.57. The summed E-state index contributed by atoms with van der Waals surface area (Å²) in [4.78, 5) is 16.5. The van der Waals surface area contributed by atoms with Crippen LogP contribution < -0.4 is 4.74 Å². The summed E-state index contributed by atoms with van der Waals surface area (Å²) in [5, 5.41) is 0.136. The largest absolute Gasteiger partial charge is 0.494 e. The first-order chi connectivity index (χ1) is 10.2. The number of carbonyl (C=O) groups excluding carboxylic acids is 1. The summed E-state index contributed by atoms with van der Waals surface area (Å²) in [7, 11) is 1.52. The molecular formula is C17H12ClNO2. The third-order valence-electron chi connectivity index (χ3n) is 3.30. The fraction of sp³-hybridized carbons (Fsp3) is 0.0588. The lowest BCUT2D eigenvalue weighted by Crippen LogP contribution is -2.02. The maximum absolute atomic E-state index is 11.9. The van der Waals surface area contributed by atoms with Crippen molar-refractivity contribution in [3.63, 3.8) is 0 Å². The van der Waals surface area contributed by atoms with E-state index in [9.17, 15) is 4.79 Å². The van der Waals surface area contributed by atoms with Gasteiger partial charge in [-0.15, -0.1) is 0 Å². The van der Waals surface area contributed by atoms with Gasteiger partial charge in [0.15, 0.2) is 5.75 Å². The number of hydrogen-bond donors (Lipinski definition) is 0. The molecule has 0 fully saturated rings. The Balaban J connectivity index is 2.43. The molecule has 0 N–H and O–H groups in total. The maximum Gasteiger partial charge on any atom is 0.256 e. The Kier molecular flexibility index (Phi) is 3.59. The van der Waals surface area contributed by atoms with Gasteiger partial charge in [0.1, 0.15) is 5.69 Å². The second kappa shape index (κ2) is 5.54. The zero-order chi connectivity index (χ0) is 14.8. The SMILES string of the molecule is COc1c(-c2ccccc2)nc2ccccc2c1C(=O)Cl. The summed E-state index contributed by atoms with van der Waals surface area (Å²) in [6, 6.07) is 17.0. The molecule has 104 valence electrons. The molecule has 0 bridgehead atoms. The number of aromatic nitrogens is 1. The highest BCUT2D eigenvalue weighted by atomic mass is 35.5. The van der Waals surface area contributed by atoms with Crippen molar-refractivity contribution in [1.82, 2.24) is 4.98 Å². The van der Waals surface area contributed by atoms with Crippen LogP contribution in [0.2, 0.25) is 0 Å². The molecule has 0 saturated heterocycles. The zero-order valence-electron chi connectivity index (χ0n) is 11.3. The van der Waals surface area contributed by atoms with Crippen molar-refractivity contribution in [1.29, 1.82) is 0 Å². The van der Waals surface area contributed by atoms with Crippen LogP contribution >= 0.6 is 11.6 Å². The van der Waals surface area contributed by atoms with E-state index in [1.807, 2.05) is 54.6 Å². The number of pyridine rings is 1. The van der Waals surface area contributed by atoms with Gasteiger partial charge in [0.05, 0.1) is 18.2 Å². The molecule has 0 atom stereocenters. The molecule has 0 aliphatic carbocycles. The molecule has 21 heavy (non-hydrogen) atoms. The highest BCUT2D eigenvalue weighted by Crippen LogP contribution is 2.36. The van der Waals surface area contributed by atoms with E-state index in [4.69, 9.17) is 16.3 Å². The van der Waals surface area contributed by atoms with Crippen LogP contribution in [0.15, 0.2) is 54.6 Å². The minimum atomic E-state index is -0.553. The molecule has 2 aromatic carbocycles. The Morgan fingerprint density at radius 3 is 2.38 bits per heavy atom. The molecule has 1 heterocycles. The topological polar surface area (TPSA) is 39.2 Å². The minimum absolute atomic E-state index is 0.351. The Morgan fingerprint density at radius 1 is 1.05 bits per heavy atom. The van der Waals surface area contributed by atoms with Crippen molar-refractivity contribution in [3.05, 3.63) is 60.2 Å². The molecule has 0 aliphatic rings. The van der Waals surface area contributed by atoms with E-state index < -0.39 is 5.24 Å². The lowest BCUT2D eigenvalue weighted by molar-refractivity contribution is 0.108. The second-order valence-corrected chi connectivity index (χ2v) is 4.87. The van der Waals surface area contributed by atoms with Gasteiger partial charge in [0.25, 0.3) is 5.24 Å². The van der Waals surface area contributed by atoms with E-state index in [1.54, 1.807) is 0 Å². The van der Waals surface area contributed by atoms with Crippen LogP contribution in [0.4, 0.5) is 0 Å². The van der Waals surface area contributed by atoms with Crippen LogP contribution in [0, 0.1) is 0 Å². The molecule has 3 nitrogen and oxygen atoms in total. The summed E-state index contributed by atoms with van der Waals surface area (Å²) in [5.41, 5.74) is 2.55. The maximum atomic E-state index is 11.9. The Hall–Kier alpha value is -2.39. The molecule has 1 aromatic heterocycles. The molecular weight excluding hydrogens is 286 g/mol. The smallest absolute Gasteiger partial charge is 0.256 e. The summed E-state index contributed by atoms with van der Waals surface area (Å²) in [6.07, 6.45) is 0. The highest BCUT2D eigenvalue weighted by Gasteiger charge is 2.20. The number of methoxy groups -OCH3 is 1. The Morgan fingerprint density at radius 2 is 1.71 bits per heavy atom. The number of rotatable bonds is 3. The van der Waals surface area contributed by atoms with Crippen LogP contribution in [0.5, 0.6) is 5.75 Å². The molecule has 4 heteroatoms. The van der Waals surface area contributed by atoms with Gasteiger partial charge in [-0.3, -0.25) is 4.79 Å². The van der Waals surface area contributed by atoms with Crippen molar-refractivity contribution in [2.24, 2.45) is 0 Å². The van der Waals surface area contributed by atoms with Gasteiger partial charge in [0.2, 0.25) is 0 Å². The van der Waals surface area contributed by atoms with Gasteiger partial charge in [-0.1, -0.05) is 48.5 Å². The molecule has 3 rings (SSSR count). The molecule has 3 aromatic rings. The van der Waals surface area contributed by atoms with Crippen LogP contribution in [0.25, 0.3) is 22.2 Å². The summed E-state index contributed by atoms with van der Waals surface area (Å²) < 4.78 is 5.43. The average molecular weight is 298 g/mol. The first kappa shape index (κ1) is 13.6. The average Bonchev–Trinajstić information content (AvgIpc) is 2.53. The van der Waals surface area contributed by atoms with Gasteiger partial charge in [0, 0.05) is 10.9 Å². The summed E-state index contributed by atoms with van der Waals surface area (Å²) in [6.45, 7) is 0. The van der Waals surface area contributed by atoms with E-state index >= 15 is 0 Å². The molecule has 0 radical (unpaired) electrons. The first-order valence-corrected chi connectivity index (χ1v) is 6.82. The lowest BCUT2D eigenvalue weighted by Gasteiger charge is -2.13. The van der Waals surface area contributed by atoms with Crippen molar-refractivity contribution >= 4 is 27.7 Å². The van der Waals surface area contributed by atoms with Crippen molar-refractivity contribution in [2.75, 3.05) is 7.11 Å². The quantitative estimate of drug-likeness (QED) is 0.677. The number of nitrogens with zero attached hydrogens (tertiary/aromatic N) is 1. The van der Waals surface area contributed by atoms with Gasteiger partial charge < -0.3 is 4.74 Å². The van der Waals surface area contributed by atoms with Crippen molar-refractivity contribution in [2.45, 2.75) is 0 Å². The van der Waals surface area contributed by atoms with Gasteiger partial charge in [-0.05, 0) is 17.7 Å². The predicted molar refractivity (Wildman–Crippen MR) is 83.9 cm³/mol. The lowest BCUT2D eigenvalue weighted by atomic mass is 10.0. The molecule has 0 amide bonds. The summed E-state index contributed by atoms with van der Waals surface area (Å²) >= 11 is 5.78. The number of fused-ring (bicyclic) bond motifs is 1. The predicted octanol–water partition coefficient (Wildman–Crippen LogP) is 4.29. The monoisotopic (exact) mass is 297 g/mol. The first-order valence-electron chi connectivity index (χ1n) is 6.44. The molecule has 0 aliphatic heterocycles. The van der Waals surface area contributed by atoms with E-state index in [-0.39, 0.29) is 0 Å². The van der Waals surface area contributed by atoms with Crippen LogP contribution in [0.1, 0.15) is 10.4 Å². The molecule has 0 unspecified atom stereocenters. The zero-order valence-corrected chi connectivity index (χ0v) is 12.1. The van der Waals surface area contributed by atoms with Crippen LogP contribution in [-0.4, -0.2) is 17.3 Å². The van der Waals surface area contributed by atoms with Gasteiger partial charge in [-0.25, -0.2) is 4.98 Å². The fourth-order valence-electron chi connectivity index (χ4n) is 2.38. The standard InChI is InChI=1S/C17H12ClNO2/c1-21-16-14(17(18)20)12-9-5-6-10-13(12)19-15(16)11-7-3-2-4-8-11/h2-10H,1H3. The number of benzene rings is 2. The van der Waals surface area contributed by atoms with E-state index in [0.717, 1.165) is 5.56 Å². The van der Waals surface area contributed by atoms with E-state index in [1.165, 1.54) is 7.11 Å². The van der Waals surface area contributed by atoms with Gasteiger partial charge in [-0.2, -0.15) is 0 Å². The minimum Gasteiger partial charge on any atom is -0.494 e. The van der Waals surface area contributed by atoms with E-state index in [0.29, 0.717) is 27.9 Å². The number of carbonyl (C=O) groups is 1. The van der Waals surface area contributed by atoms with Gasteiger partial charge >= 0.3 is 0 Å². The Labute approximate surface area is 127 Å². The van der Waals surface area contributed by atoms with E-state index in [2.05, 4.69) is 4.98 Å². The summed E-state index contributed by atoms with van der Waals surface area (Å²) in [5.74, 6) is 0.403. The van der Waals surface area contributed by atoms with Crippen LogP contribution in [-0.2, 0) is 0 Å².